The number of allylic oxidation sites excluding steroid dienone is 2. The van der Waals surface area contributed by atoms with Gasteiger partial charge in [-0.2, -0.15) is 0 Å². The molecule has 0 aliphatic heterocycles. The Balaban J connectivity index is 4.66. The molecule has 0 rings (SSSR count). The first kappa shape index (κ1) is 10.7. The summed E-state index contributed by atoms with van der Waals surface area (Å²) in [4.78, 5) is 11.2. The van der Waals surface area contributed by atoms with Crippen LogP contribution in [0.1, 0.15) is 13.8 Å². The second-order valence-electron chi connectivity index (χ2n) is 2.23. The van der Waals surface area contributed by atoms with Crippen LogP contribution >= 0.6 is 0 Å². The van der Waals surface area contributed by atoms with Crippen LogP contribution in [0.2, 0.25) is 0 Å². The molecule has 0 fully saturated rings. The molecule has 0 saturated heterocycles. The Hall–Kier alpha value is -1.31. The molecule has 0 N–H and O–H groups in total. The van der Waals surface area contributed by atoms with Crippen molar-refractivity contribution >= 4 is 5.97 Å². The standard InChI is InChI=1S/C10H14O2/c1-5-8(4)9(6-2)10(11)12-7-3/h5-6H,1-2,7H2,3-4H3/b9-8-. The number of esters is 1. The van der Waals surface area contributed by atoms with Gasteiger partial charge in [-0.15, -0.1) is 0 Å². The van der Waals surface area contributed by atoms with E-state index >= 15 is 0 Å². The highest BCUT2D eigenvalue weighted by Gasteiger charge is 2.07. The first-order valence-corrected chi connectivity index (χ1v) is 3.80. The molecule has 0 aliphatic rings. The van der Waals surface area contributed by atoms with Crippen LogP contribution in [0.5, 0.6) is 0 Å². The van der Waals surface area contributed by atoms with Gasteiger partial charge >= 0.3 is 5.97 Å². The first-order chi connectivity index (χ1) is 5.67. The number of carbonyl (C=O) groups is 1. The molecule has 0 aromatic carbocycles. The van der Waals surface area contributed by atoms with E-state index in [0.29, 0.717) is 12.2 Å². The van der Waals surface area contributed by atoms with Crippen molar-refractivity contribution in [3.63, 3.8) is 0 Å². The number of rotatable bonds is 4. The van der Waals surface area contributed by atoms with Crippen molar-refractivity contribution in [3.05, 3.63) is 36.5 Å². The van der Waals surface area contributed by atoms with Gasteiger partial charge < -0.3 is 4.74 Å². The predicted octanol–water partition coefficient (Wildman–Crippen LogP) is 2.24. The maximum absolute atomic E-state index is 11.2. The van der Waals surface area contributed by atoms with Crippen LogP contribution < -0.4 is 0 Å². The third kappa shape index (κ3) is 2.74. The van der Waals surface area contributed by atoms with Crippen molar-refractivity contribution in [1.29, 1.82) is 0 Å². The fourth-order valence-electron chi connectivity index (χ4n) is 0.724. The summed E-state index contributed by atoms with van der Waals surface area (Å²) in [6.07, 6.45) is 3.09. The summed E-state index contributed by atoms with van der Waals surface area (Å²) in [6, 6.07) is 0. The molecule has 66 valence electrons. The van der Waals surface area contributed by atoms with E-state index in [2.05, 4.69) is 13.2 Å². The van der Waals surface area contributed by atoms with Crippen molar-refractivity contribution in [2.75, 3.05) is 6.61 Å². The lowest BCUT2D eigenvalue weighted by molar-refractivity contribution is -0.138. The fourth-order valence-corrected chi connectivity index (χ4v) is 0.724. The second kappa shape index (κ2) is 5.35. The normalized spacial score (nSPS) is 11.5. The summed E-state index contributed by atoms with van der Waals surface area (Å²) in [6.45, 7) is 11.0. The van der Waals surface area contributed by atoms with Crippen molar-refractivity contribution in [2.45, 2.75) is 13.8 Å². The molecule has 2 heteroatoms. The molecule has 0 bridgehead atoms. The van der Waals surface area contributed by atoms with E-state index in [-0.39, 0.29) is 5.97 Å². The monoisotopic (exact) mass is 166 g/mol. The summed E-state index contributed by atoms with van der Waals surface area (Å²) in [5, 5.41) is 0. The van der Waals surface area contributed by atoms with Crippen molar-refractivity contribution in [3.8, 4) is 0 Å². The van der Waals surface area contributed by atoms with Crippen LogP contribution in [-0.2, 0) is 9.53 Å². The fraction of sp³-hybridized carbons (Fsp3) is 0.300. The number of hydrogen-bond acceptors (Lipinski definition) is 2. The van der Waals surface area contributed by atoms with Gasteiger partial charge in [0.2, 0.25) is 0 Å². The number of ether oxygens (including phenoxy) is 1. The van der Waals surface area contributed by atoms with Gasteiger partial charge in [0.15, 0.2) is 0 Å². The van der Waals surface area contributed by atoms with Gasteiger partial charge in [-0.25, -0.2) is 4.79 Å². The molecule has 0 spiro atoms. The van der Waals surface area contributed by atoms with E-state index in [9.17, 15) is 4.79 Å². The first-order valence-electron chi connectivity index (χ1n) is 3.80. The summed E-state index contributed by atoms with van der Waals surface area (Å²) in [7, 11) is 0. The third-order valence-electron chi connectivity index (χ3n) is 1.43. The molecule has 0 unspecified atom stereocenters. The summed E-state index contributed by atoms with van der Waals surface area (Å²) < 4.78 is 4.80. The maximum Gasteiger partial charge on any atom is 0.338 e. The largest absolute Gasteiger partial charge is 0.462 e. The van der Waals surface area contributed by atoms with E-state index in [4.69, 9.17) is 4.74 Å². The zero-order valence-electron chi connectivity index (χ0n) is 7.59. The summed E-state index contributed by atoms with van der Waals surface area (Å²) >= 11 is 0. The zero-order chi connectivity index (χ0) is 9.56. The Morgan fingerprint density at radius 2 is 2.00 bits per heavy atom. The van der Waals surface area contributed by atoms with E-state index in [1.54, 1.807) is 19.9 Å². The minimum Gasteiger partial charge on any atom is -0.462 e. The quantitative estimate of drug-likeness (QED) is 0.363. The molecule has 0 radical (unpaired) electrons. The molecule has 0 saturated carbocycles. The minimum atomic E-state index is -0.343. The molecule has 0 atom stereocenters. The molecule has 0 aliphatic carbocycles. The van der Waals surface area contributed by atoms with E-state index in [1.165, 1.54) is 6.08 Å². The topological polar surface area (TPSA) is 26.3 Å². The predicted molar refractivity (Wildman–Crippen MR) is 49.7 cm³/mol. The SMILES string of the molecule is C=C/C(C)=C(/C=C)C(=O)OCC. The van der Waals surface area contributed by atoms with Gasteiger partial charge in [-0.3, -0.25) is 0 Å². The lowest BCUT2D eigenvalue weighted by Crippen LogP contribution is -2.07. The van der Waals surface area contributed by atoms with Crippen LogP contribution in [0.15, 0.2) is 36.5 Å². The maximum atomic E-state index is 11.2. The van der Waals surface area contributed by atoms with Gasteiger partial charge in [0.05, 0.1) is 12.2 Å². The Kier molecular flexibility index (Phi) is 4.77. The Bertz CT molecular complexity index is 224. The van der Waals surface area contributed by atoms with Crippen molar-refractivity contribution in [2.24, 2.45) is 0 Å². The Morgan fingerprint density at radius 1 is 1.42 bits per heavy atom. The van der Waals surface area contributed by atoms with Crippen LogP contribution in [0.25, 0.3) is 0 Å². The molecule has 2 nitrogen and oxygen atoms in total. The van der Waals surface area contributed by atoms with E-state index in [0.717, 1.165) is 5.57 Å². The van der Waals surface area contributed by atoms with Crippen LogP contribution in [-0.4, -0.2) is 12.6 Å². The van der Waals surface area contributed by atoms with Gasteiger partial charge in [0, 0.05) is 0 Å². The van der Waals surface area contributed by atoms with Crippen LogP contribution in [0, 0.1) is 0 Å². The van der Waals surface area contributed by atoms with Crippen LogP contribution in [0.4, 0.5) is 0 Å². The van der Waals surface area contributed by atoms with Crippen molar-refractivity contribution in [1.82, 2.24) is 0 Å². The minimum absolute atomic E-state index is 0.343. The highest BCUT2D eigenvalue weighted by molar-refractivity contribution is 5.92. The number of hydrogen-bond donors (Lipinski definition) is 0. The molecule has 12 heavy (non-hydrogen) atoms. The Morgan fingerprint density at radius 3 is 2.33 bits per heavy atom. The van der Waals surface area contributed by atoms with E-state index in [1.807, 2.05) is 0 Å². The third-order valence-corrected chi connectivity index (χ3v) is 1.43. The van der Waals surface area contributed by atoms with Gasteiger partial charge in [0.25, 0.3) is 0 Å². The summed E-state index contributed by atoms with van der Waals surface area (Å²) in [5.41, 5.74) is 1.26. The molecule has 0 heterocycles. The average Bonchev–Trinajstić information content (AvgIpc) is 2.06. The zero-order valence-corrected chi connectivity index (χ0v) is 7.59. The van der Waals surface area contributed by atoms with Crippen molar-refractivity contribution < 1.29 is 9.53 Å². The van der Waals surface area contributed by atoms with Gasteiger partial charge in [0.1, 0.15) is 0 Å². The smallest absolute Gasteiger partial charge is 0.338 e. The lowest BCUT2D eigenvalue weighted by Gasteiger charge is -2.03. The molecular formula is C10H14O2. The highest BCUT2D eigenvalue weighted by Crippen LogP contribution is 2.07. The lowest BCUT2D eigenvalue weighted by atomic mass is 10.1. The average molecular weight is 166 g/mol. The Labute approximate surface area is 73.2 Å². The second-order valence-corrected chi connectivity index (χ2v) is 2.23. The van der Waals surface area contributed by atoms with Crippen LogP contribution in [0.3, 0.4) is 0 Å². The molecular weight excluding hydrogens is 152 g/mol. The number of carbonyl (C=O) groups excluding carboxylic acids is 1. The van der Waals surface area contributed by atoms with Gasteiger partial charge in [-0.05, 0) is 19.4 Å². The molecule has 0 aromatic heterocycles. The van der Waals surface area contributed by atoms with Gasteiger partial charge in [-0.1, -0.05) is 25.3 Å². The summed E-state index contributed by atoms with van der Waals surface area (Å²) in [5.74, 6) is -0.343. The molecule has 0 amide bonds. The molecule has 0 aromatic rings. The highest BCUT2D eigenvalue weighted by atomic mass is 16.5. The van der Waals surface area contributed by atoms with E-state index < -0.39 is 0 Å².